The van der Waals surface area contributed by atoms with E-state index in [1.54, 1.807) is 0 Å². The standard InChI is InChI=1S/C14H10F2N2OS/c15-11-1-2-13(18)14(6-11)20(19)8-10-3-9(7-17)4-12(16)5-10/h1-6H,8,18H2. The van der Waals surface area contributed by atoms with Crippen LogP contribution in [0.4, 0.5) is 14.5 Å². The molecule has 20 heavy (non-hydrogen) atoms. The van der Waals surface area contributed by atoms with Gasteiger partial charge >= 0.3 is 0 Å². The van der Waals surface area contributed by atoms with E-state index in [0.717, 1.165) is 12.1 Å². The van der Waals surface area contributed by atoms with Crippen molar-refractivity contribution in [3.63, 3.8) is 0 Å². The third-order valence-electron chi connectivity index (χ3n) is 2.61. The molecule has 0 aliphatic carbocycles. The minimum atomic E-state index is -1.62. The van der Waals surface area contributed by atoms with Gasteiger partial charge in [0.25, 0.3) is 0 Å². The molecule has 0 aromatic heterocycles. The summed E-state index contributed by atoms with van der Waals surface area (Å²) in [5.74, 6) is -1.16. The van der Waals surface area contributed by atoms with E-state index in [1.165, 1.54) is 24.3 Å². The van der Waals surface area contributed by atoms with Crippen LogP contribution in [-0.4, -0.2) is 4.21 Å². The molecule has 0 aliphatic rings. The van der Waals surface area contributed by atoms with Gasteiger partial charge in [-0.05, 0) is 42.0 Å². The van der Waals surface area contributed by atoms with Crippen molar-refractivity contribution in [2.45, 2.75) is 10.6 Å². The third kappa shape index (κ3) is 3.19. The lowest BCUT2D eigenvalue weighted by molar-refractivity contribution is 0.622. The first-order valence-corrected chi connectivity index (χ1v) is 6.94. The second-order valence-electron chi connectivity index (χ2n) is 4.13. The zero-order valence-electron chi connectivity index (χ0n) is 10.3. The molecule has 102 valence electrons. The number of anilines is 1. The minimum Gasteiger partial charge on any atom is -0.398 e. The molecule has 6 heteroatoms. The first-order valence-electron chi connectivity index (χ1n) is 5.62. The van der Waals surface area contributed by atoms with Gasteiger partial charge in [-0.2, -0.15) is 5.26 Å². The molecule has 3 nitrogen and oxygen atoms in total. The fourth-order valence-corrected chi connectivity index (χ4v) is 2.93. The number of hydrogen-bond donors (Lipinski definition) is 1. The molecule has 2 N–H and O–H groups in total. The summed E-state index contributed by atoms with van der Waals surface area (Å²) in [6.45, 7) is 0. The molecule has 2 aromatic carbocycles. The van der Waals surface area contributed by atoms with Crippen LogP contribution in [0.2, 0.25) is 0 Å². The van der Waals surface area contributed by atoms with E-state index in [0.29, 0.717) is 5.56 Å². The topological polar surface area (TPSA) is 66.9 Å². The fourth-order valence-electron chi connectivity index (χ4n) is 1.73. The second kappa shape index (κ2) is 5.80. The van der Waals surface area contributed by atoms with Crippen LogP contribution < -0.4 is 5.73 Å². The number of benzene rings is 2. The lowest BCUT2D eigenvalue weighted by atomic mass is 10.1. The molecule has 0 bridgehead atoms. The van der Waals surface area contributed by atoms with Crippen LogP contribution in [0, 0.1) is 23.0 Å². The van der Waals surface area contributed by atoms with Crippen LogP contribution in [-0.2, 0) is 16.6 Å². The number of halogens is 2. The lowest BCUT2D eigenvalue weighted by Gasteiger charge is -2.06. The molecular weight excluding hydrogens is 282 g/mol. The van der Waals surface area contributed by atoms with E-state index in [4.69, 9.17) is 11.0 Å². The first kappa shape index (κ1) is 14.2. The molecule has 0 saturated heterocycles. The molecular formula is C14H10F2N2OS. The van der Waals surface area contributed by atoms with Gasteiger partial charge in [-0.1, -0.05) is 0 Å². The highest BCUT2D eigenvalue weighted by molar-refractivity contribution is 7.84. The summed E-state index contributed by atoms with van der Waals surface area (Å²) in [6.07, 6.45) is 0. The van der Waals surface area contributed by atoms with Crippen molar-refractivity contribution in [2.24, 2.45) is 0 Å². The molecule has 1 atom stereocenters. The number of rotatable bonds is 3. The van der Waals surface area contributed by atoms with Crippen molar-refractivity contribution < 1.29 is 13.0 Å². The molecule has 0 aliphatic heterocycles. The molecule has 1 unspecified atom stereocenters. The lowest BCUT2D eigenvalue weighted by Crippen LogP contribution is -2.02. The predicted molar refractivity (Wildman–Crippen MR) is 72.0 cm³/mol. The number of nitriles is 1. The normalized spacial score (nSPS) is 11.8. The van der Waals surface area contributed by atoms with E-state index in [2.05, 4.69) is 0 Å². The number of nitrogens with zero attached hydrogens (tertiary/aromatic N) is 1. The van der Waals surface area contributed by atoms with Crippen molar-refractivity contribution in [1.82, 2.24) is 0 Å². The summed E-state index contributed by atoms with van der Waals surface area (Å²) in [5.41, 5.74) is 6.39. The Morgan fingerprint density at radius 2 is 1.90 bits per heavy atom. The summed E-state index contributed by atoms with van der Waals surface area (Å²) < 4.78 is 38.6. The van der Waals surface area contributed by atoms with Gasteiger partial charge in [0.1, 0.15) is 11.6 Å². The highest BCUT2D eigenvalue weighted by atomic mass is 32.2. The van der Waals surface area contributed by atoms with Gasteiger partial charge in [-0.15, -0.1) is 0 Å². The zero-order valence-corrected chi connectivity index (χ0v) is 11.1. The van der Waals surface area contributed by atoms with Crippen LogP contribution in [0.15, 0.2) is 41.3 Å². The summed E-state index contributed by atoms with van der Waals surface area (Å²) in [6, 6.07) is 9.13. The zero-order chi connectivity index (χ0) is 14.7. The summed E-state index contributed by atoms with van der Waals surface area (Å²) in [7, 11) is -1.62. The number of hydrogen-bond acceptors (Lipinski definition) is 3. The van der Waals surface area contributed by atoms with Gasteiger partial charge in [-0.3, -0.25) is 4.21 Å². The Morgan fingerprint density at radius 1 is 1.15 bits per heavy atom. The van der Waals surface area contributed by atoms with E-state index < -0.39 is 22.4 Å². The Bertz CT molecular complexity index is 726. The number of nitrogen functional groups attached to an aromatic ring is 1. The molecule has 0 saturated carbocycles. The second-order valence-corrected chi connectivity index (χ2v) is 5.55. The van der Waals surface area contributed by atoms with Gasteiger partial charge in [0, 0.05) is 5.69 Å². The summed E-state index contributed by atoms with van der Waals surface area (Å²) in [5, 5.41) is 8.76. The van der Waals surface area contributed by atoms with Crippen LogP contribution in [0.25, 0.3) is 0 Å². The van der Waals surface area contributed by atoms with Crippen molar-refractivity contribution in [3.8, 4) is 6.07 Å². The maximum atomic E-state index is 13.3. The molecule has 0 radical (unpaired) electrons. The molecule has 0 amide bonds. The van der Waals surface area contributed by atoms with E-state index >= 15 is 0 Å². The van der Waals surface area contributed by atoms with Crippen molar-refractivity contribution in [1.29, 1.82) is 5.26 Å². The fraction of sp³-hybridized carbons (Fsp3) is 0.0714. The maximum Gasteiger partial charge on any atom is 0.124 e. The Morgan fingerprint density at radius 3 is 2.60 bits per heavy atom. The van der Waals surface area contributed by atoms with Crippen molar-refractivity contribution in [2.75, 3.05) is 5.73 Å². The Kier molecular flexibility index (Phi) is 4.11. The summed E-state index contributed by atoms with van der Waals surface area (Å²) >= 11 is 0. The molecule has 2 rings (SSSR count). The first-order chi connectivity index (χ1) is 9.49. The minimum absolute atomic E-state index is 0.0416. The van der Waals surface area contributed by atoms with E-state index in [-0.39, 0.29) is 21.9 Å². The SMILES string of the molecule is N#Cc1cc(F)cc(CS(=O)c2cc(F)ccc2N)c1. The quantitative estimate of drug-likeness (QED) is 0.884. The van der Waals surface area contributed by atoms with E-state index in [1.807, 2.05) is 6.07 Å². The molecule has 0 fully saturated rings. The van der Waals surface area contributed by atoms with E-state index in [9.17, 15) is 13.0 Å². The monoisotopic (exact) mass is 292 g/mol. The molecule has 0 spiro atoms. The van der Waals surface area contributed by atoms with Crippen molar-refractivity contribution in [3.05, 3.63) is 59.2 Å². The van der Waals surface area contributed by atoms with Crippen LogP contribution in [0.5, 0.6) is 0 Å². The van der Waals surface area contributed by atoms with Crippen LogP contribution in [0.1, 0.15) is 11.1 Å². The van der Waals surface area contributed by atoms with Gasteiger partial charge in [0.15, 0.2) is 0 Å². The Balaban J connectivity index is 2.30. The van der Waals surface area contributed by atoms with Crippen LogP contribution >= 0.6 is 0 Å². The largest absolute Gasteiger partial charge is 0.398 e. The smallest absolute Gasteiger partial charge is 0.124 e. The predicted octanol–water partition coefficient (Wildman–Crippen LogP) is 2.73. The van der Waals surface area contributed by atoms with Gasteiger partial charge in [0.05, 0.1) is 33.1 Å². The Hall–Kier alpha value is -2.26. The highest BCUT2D eigenvalue weighted by Gasteiger charge is 2.11. The summed E-state index contributed by atoms with van der Waals surface area (Å²) in [4.78, 5) is 0.160. The van der Waals surface area contributed by atoms with Gasteiger partial charge in [0.2, 0.25) is 0 Å². The third-order valence-corrected chi connectivity index (χ3v) is 4.04. The van der Waals surface area contributed by atoms with Gasteiger partial charge < -0.3 is 5.73 Å². The Labute approximate surface area is 117 Å². The number of nitrogens with two attached hydrogens (primary N) is 1. The van der Waals surface area contributed by atoms with Gasteiger partial charge in [-0.25, -0.2) is 8.78 Å². The van der Waals surface area contributed by atoms with Crippen LogP contribution in [0.3, 0.4) is 0 Å². The average molecular weight is 292 g/mol. The maximum absolute atomic E-state index is 13.3. The average Bonchev–Trinajstić information content (AvgIpc) is 2.40. The molecule has 2 aromatic rings. The van der Waals surface area contributed by atoms with Crippen molar-refractivity contribution >= 4 is 16.5 Å². The molecule has 0 heterocycles. The highest BCUT2D eigenvalue weighted by Crippen LogP contribution is 2.21.